The molecule has 0 aliphatic heterocycles. The summed E-state index contributed by atoms with van der Waals surface area (Å²) in [6.45, 7) is 7.64. The quantitative estimate of drug-likeness (QED) is 0.581. The predicted molar refractivity (Wildman–Crippen MR) is 46.6 cm³/mol. The van der Waals surface area contributed by atoms with E-state index in [1.165, 1.54) is 0 Å². The number of hydrogen-bond donors (Lipinski definition) is 0. The lowest BCUT2D eigenvalue weighted by atomic mass is 10.3. The summed E-state index contributed by atoms with van der Waals surface area (Å²) in [6, 6.07) is 0. The second-order valence-electron chi connectivity index (χ2n) is 1.74. The topological polar surface area (TPSA) is 0 Å². The van der Waals surface area contributed by atoms with E-state index < -0.39 is 0 Å². The van der Waals surface area contributed by atoms with Crippen LogP contribution in [0.5, 0.6) is 0 Å². The third kappa shape index (κ3) is 3.31. The maximum Gasteiger partial charge on any atom is 0.0200 e. The van der Waals surface area contributed by atoms with Crippen LogP contribution in [0.2, 0.25) is 0 Å². The van der Waals surface area contributed by atoms with Gasteiger partial charge in [0.2, 0.25) is 0 Å². The molecule has 0 rings (SSSR count). The summed E-state index contributed by atoms with van der Waals surface area (Å²) in [6.07, 6.45) is 5.80. The van der Waals surface area contributed by atoms with Crippen molar-refractivity contribution in [3.8, 4) is 0 Å². The Labute approximate surface area is 65.1 Å². The van der Waals surface area contributed by atoms with Gasteiger partial charge in [0.1, 0.15) is 0 Å². The molecule has 1 heteroatoms. The molecule has 0 saturated carbocycles. The fraction of sp³-hybridized carbons (Fsp3) is 0.250. The smallest absolute Gasteiger partial charge is 0.0200 e. The lowest BCUT2D eigenvalue weighted by Gasteiger charge is -1.91. The number of hydrogen-bond acceptors (Lipinski definition) is 0. The van der Waals surface area contributed by atoms with Crippen molar-refractivity contribution in [2.75, 3.05) is 0 Å². The molecule has 0 fully saturated rings. The summed E-state index contributed by atoms with van der Waals surface area (Å²) in [7, 11) is 0. The van der Waals surface area contributed by atoms with Gasteiger partial charge >= 0.3 is 0 Å². The van der Waals surface area contributed by atoms with Gasteiger partial charge in [0.25, 0.3) is 0 Å². The number of allylic oxidation sites excluding steroid dienone is 5. The van der Waals surface area contributed by atoms with Crippen molar-refractivity contribution in [3.63, 3.8) is 0 Å². The van der Waals surface area contributed by atoms with Crippen LogP contribution in [0.25, 0.3) is 0 Å². The Bertz CT molecular complexity index is 152. The largest absolute Gasteiger partial charge is 0.0988 e. The number of rotatable bonds is 2. The van der Waals surface area contributed by atoms with Crippen molar-refractivity contribution in [3.05, 3.63) is 34.9 Å². The third-order valence-electron chi connectivity index (χ3n) is 0.996. The highest BCUT2D eigenvalue weighted by Gasteiger charge is 1.86. The fourth-order valence-electron chi connectivity index (χ4n) is 0.375. The molecule has 0 atom stereocenters. The molecule has 9 heavy (non-hydrogen) atoms. The van der Waals surface area contributed by atoms with Gasteiger partial charge in [-0.3, -0.25) is 0 Å². The average Bonchev–Trinajstić information content (AvgIpc) is 1.87. The van der Waals surface area contributed by atoms with Crippen LogP contribution in [0.15, 0.2) is 34.9 Å². The van der Waals surface area contributed by atoms with Crippen molar-refractivity contribution in [1.29, 1.82) is 0 Å². The molecule has 0 unspecified atom stereocenters. The minimum atomic E-state index is 1.10. The highest BCUT2D eigenvalue weighted by molar-refractivity contribution is 9.11. The first kappa shape index (κ1) is 8.70. The maximum absolute atomic E-state index is 3.64. The summed E-state index contributed by atoms with van der Waals surface area (Å²) >= 11 is 3.39. The predicted octanol–water partition coefficient (Wildman–Crippen LogP) is 3.42. The molecule has 0 nitrogen and oxygen atoms in total. The second kappa shape index (κ2) is 4.57. The zero-order valence-corrected chi connectivity index (χ0v) is 7.40. The molecule has 0 amide bonds. The van der Waals surface area contributed by atoms with E-state index in [-0.39, 0.29) is 0 Å². The van der Waals surface area contributed by atoms with E-state index >= 15 is 0 Å². The van der Waals surface area contributed by atoms with Gasteiger partial charge in [0.15, 0.2) is 0 Å². The van der Waals surface area contributed by atoms with E-state index in [1.807, 2.05) is 32.1 Å². The minimum absolute atomic E-state index is 1.10. The summed E-state index contributed by atoms with van der Waals surface area (Å²) in [5, 5.41) is 0. The van der Waals surface area contributed by atoms with Gasteiger partial charge in [-0.2, -0.15) is 0 Å². The van der Waals surface area contributed by atoms with Crippen LogP contribution in [-0.2, 0) is 0 Å². The maximum atomic E-state index is 3.64. The molecule has 0 radical (unpaired) electrons. The molecule has 0 bridgehead atoms. The van der Waals surface area contributed by atoms with Crippen molar-refractivity contribution in [1.82, 2.24) is 0 Å². The van der Waals surface area contributed by atoms with Crippen LogP contribution < -0.4 is 0 Å². The molecule has 0 aromatic carbocycles. The molecular formula is C8H11Br. The van der Waals surface area contributed by atoms with Crippen LogP contribution in [0.4, 0.5) is 0 Å². The molecule has 0 N–H and O–H groups in total. The van der Waals surface area contributed by atoms with E-state index in [0.717, 1.165) is 10.1 Å². The van der Waals surface area contributed by atoms with Gasteiger partial charge in [-0.1, -0.05) is 40.7 Å². The van der Waals surface area contributed by atoms with Gasteiger partial charge in [0, 0.05) is 4.48 Å². The summed E-state index contributed by atoms with van der Waals surface area (Å²) in [5.74, 6) is 0. The zero-order valence-electron chi connectivity index (χ0n) is 5.82. The van der Waals surface area contributed by atoms with Crippen LogP contribution in [0.1, 0.15) is 13.8 Å². The lowest BCUT2D eigenvalue weighted by molar-refractivity contribution is 1.51. The van der Waals surface area contributed by atoms with E-state index in [1.54, 1.807) is 0 Å². The van der Waals surface area contributed by atoms with E-state index in [4.69, 9.17) is 0 Å². The number of halogens is 1. The summed E-state index contributed by atoms with van der Waals surface area (Å²) in [4.78, 5) is 0. The minimum Gasteiger partial charge on any atom is -0.0988 e. The lowest BCUT2D eigenvalue weighted by Crippen LogP contribution is -1.69. The van der Waals surface area contributed by atoms with Gasteiger partial charge in [-0.25, -0.2) is 0 Å². The van der Waals surface area contributed by atoms with Crippen molar-refractivity contribution in [2.24, 2.45) is 0 Å². The SMILES string of the molecule is C=C/C(C)=C(Br)\C=C/C. The van der Waals surface area contributed by atoms with Crippen LogP contribution in [0, 0.1) is 0 Å². The van der Waals surface area contributed by atoms with Crippen molar-refractivity contribution in [2.45, 2.75) is 13.8 Å². The van der Waals surface area contributed by atoms with E-state index in [9.17, 15) is 0 Å². The molecule has 0 aromatic rings. The van der Waals surface area contributed by atoms with Crippen LogP contribution in [0.3, 0.4) is 0 Å². The monoisotopic (exact) mass is 186 g/mol. The standard InChI is InChI=1S/C8H11Br/c1-4-6-8(9)7(3)5-2/h4-6H,2H2,1,3H3/b6-4-,8-7+. The Kier molecular flexibility index (Phi) is 4.41. The van der Waals surface area contributed by atoms with Gasteiger partial charge < -0.3 is 0 Å². The van der Waals surface area contributed by atoms with E-state index in [0.29, 0.717) is 0 Å². The molecule has 0 heterocycles. The average molecular weight is 187 g/mol. The highest BCUT2D eigenvalue weighted by Crippen LogP contribution is 2.13. The van der Waals surface area contributed by atoms with Crippen LogP contribution in [-0.4, -0.2) is 0 Å². The van der Waals surface area contributed by atoms with Crippen LogP contribution >= 0.6 is 15.9 Å². The molecule has 0 aromatic heterocycles. The third-order valence-corrected chi connectivity index (χ3v) is 1.89. The Balaban J connectivity index is 4.27. The highest BCUT2D eigenvalue weighted by atomic mass is 79.9. The Hall–Kier alpha value is -0.300. The first-order valence-corrected chi connectivity index (χ1v) is 3.63. The first-order chi connectivity index (χ1) is 4.22. The molecule has 50 valence electrons. The first-order valence-electron chi connectivity index (χ1n) is 2.84. The Morgan fingerprint density at radius 3 is 2.44 bits per heavy atom. The van der Waals surface area contributed by atoms with Gasteiger partial charge in [-0.05, 0) is 19.4 Å². The second-order valence-corrected chi connectivity index (χ2v) is 2.59. The molecule has 0 aliphatic carbocycles. The summed E-state index contributed by atoms with van der Waals surface area (Å²) in [5.41, 5.74) is 1.16. The normalized spacial score (nSPS) is 13.7. The van der Waals surface area contributed by atoms with Crippen molar-refractivity contribution < 1.29 is 0 Å². The van der Waals surface area contributed by atoms with Gasteiger partial charge in [0.05, 0.1) is 0 Å². The van der Waals surface area contributed by atoms with E-state index in [2.05, 4.69) is 22.5 Å². The van der Waals surface area contributed by atoms with Crippen molar-refractivity contribution >= 4 is 15.9 Å². The molecule has 0 aliphatic rings. The molecular weight excluding hydrogens is 176 g/mol. The van der Waals surface area contributed by atoms with Gasteiger partial charge in [-0.15, -0.1) is 0 Å². The summed E-state index contributed by atoms with van der Waals surface area (Å²) < 4.78 is 1.10. The fourth-order valence-corrected chi connectivity index (χ4v) is 0.801. The Morgan fingerprint density at radius 2 is 2.11 bits per heavy atom. The zero-order chi connectivity index (χ0) is 7.28. The molecule has 0 saturated heterocycles. The Morgan fingerprint density at radius 1 is 1.56 bits per heavy atom. The molecule has 0 spiro atoms.